The lowest BCUT2D eigenvalue weighted by molar-refractivity contribution is -0.659. The smallest absolute Gasteiger partial charge is 0.232 e. The summed E-state index contributed by atoms with van der Waals surface area (Å²) in [6, 6.07) is 31.0. The molecule has 1 heterocycles. The Hall–Kier alpha value is -3.91. The van der Waals surface area contributed by atoms with Crippen molar-refractivity contribution >= 4 is 0 Å². The second-order valence-corrected chi connectivity index (χ2v) is 9.50. The van der Waals surface area contributed by atoms with Gasteiger partial charge >= 0.3 is 0 Å². The predicted octanol–water partition coefficient (Wildman–Crippen LogP) is 6.75. The van der Waals surface area contributed by atoms with E-state index in [9.17, 15) is 0 Å². The molecule has 34 heavy (non-hydrogen) atoms. The van der Waals surface area contributed by atoms with Gasteiger partial charge in [-0.3, -0.25) is 0 Å². The van der Waals surface area contributed by atoms with Crippen LogP contribution in [0.15, 0.2) is 97.3 Å². The highest BCUT2D eigenvalue weighted by molar-refractivity contribution is 5.78. The zero-order chi connectivity index (χ0) is 23.2. The van der Waals surface area contributed by atoms with E-state index in [2.05, 4.69) is 127 Å². The first-order valence-electron chi connectivity index (χ1n) is 12.0. The normalized spacial score (nSPS) is 12.0. The van der Waals surface area contributed by atoms with Crippen LogP contribution in [0.2, 0.25) is 0 Å². The molecule has 0 fully saturated rings. The van der Waals surface area contributed by atoms with Crippen molar-refractivity contribution in [2.75, 3.05) is 0 Å². The van der Waals surface area contributed by atoms with Crippen molar-refractivity contribution in [3.05, 3.63) is 131 Å². The van der Waals surface area contributed by atoms with Crippen molar-refractivity contribution in [3.63, 3.8) is 0 Å². The topological polar surface area (TPSA) is 8.81 Å². The minimum atomic E-state index is 0.962. The molecule has 0 radical (unpaired) electrons. The predicted molar refractivity (Wildman–Crippen MR) is 139 cm³/mol. The molecule has 4 aromatic carbocycles. The number of imidazole rings is 1. The fraction of sp³-hybridized carbons (Fsp3) is 0.156. The van der Waals surface area contributed by atoms with Gasteiger partial charge in [0.1, 0.15) is 18.1 Å². The summed E-state index contributed by atoms with van der Waals surface area (Å²) in [5, 5.41) is 0. The van der Waals surface area contributed by atoms with Gasteiger partial charge in [0.25, 0.3) is 5.82 Å². The standard InChI is InChI=1S/C32H29N2/c1-22-18-24(20-26-13-9-15-29-28-14-8-7-12-27(28)21-30(26)29)19-23(2)31(22)34-17-16-33(3)32(34)25-10-5-4-6-11-25/h4-19H,20-21H2,1-3H3/q+1. The van der Waals surface area contributed by atoms with Crippen molar-refractivity contribution in [1.82, 2.24) is 4.57 Å². The Morgan fingerprint density at radius 3 is 2.29 bits per heavy atom. The fourth-order valence-corrected chi connectivity index (χ4v) is 5.72. The molecule has 0 bridgehead atoms. The van der Waals surface area contributed by atoms with E-state index in [0.717, 1.165) is 12.8 Å². The van der Waals surface area contributed by atoms with E-state index >= 15 is 0 Å². The lowest BCUT2D eigenvalue weighted by Gasteiger charge is -2.13. The van der Waals surface area contributed by atoms with Gasteiger partial charge in [0.15, 0.2) is 0 Å². The maximum Gasteiger partial charge on any atom is 0.293 e. The van der Waals surface area contributed by atoms with Crippen LogP contribution in [0.3, 0.4) is 0 Å². The third-order valence-corrected chi connectivity index (χ3v) is 7.17. The summed E-state index contributed by atoms with van der Waals surface area (Å²) in [5.74, 6) is 1.19. The first-order valence-corrected chi connectivity index (χ1v) is 12.0. The van der Waals surface area contributed by atoms with Crippen LogP contribution in [-0.2, 0) is 19.9 Å². The Kier molecular flexibility index (Phi) is 4.95. The molecule has 0 amide bonds. The summed E-state index contributed by atoms with van der Waals surface area (Å²) in [5.41, 5.74) is 13.7. The molecule has 0 N–H and O–H groups in total. The lowest BCUT2D eigenvalue weighted by atomic mass is 9.94. The molecule has 0 spiro atoms. The molecule has 0 saturated heterocycles. The fourth-order valence-electron chi connectivity index (χ4n) is 5.72. The SMILES string of the molecule is Cc1cc(Cc2cccc3c2Cc2ccccc2-3)cc(C)c1-n1cc[n+](C)c1-c1ccccc1. The van der Waals surface area contributed by atoms with Crippen molar-refractivity contribution < 1.29 is 4.57 Å². The van der Waals surface area contributed by atoms with Gasteiger partial charge < -0.3 is 0 Å². The maximum absolute atomic E-state index is 2.37. The second kappa shape index (κ2) is 8.14. The lowest BCUT2D eigenvalue weighted by Crippen LogP contribution is -2.29. The van der Waals surface area contributed by atoms with E-state index in [0.29, 0.717) is 0 Å². The highest BCUT2D eigenvalue weighted by Crippen LogP contribution is 2.39. The summed E-state index contributed by atoms with van der Waals surface area (Å²) in [6.07, 6.45) is 6.32. The van der Waals surface area contributed by atoms with E-state index in [4.69, 9.17) is 0 Å². The number of rotatable bonds is 4. The van der Waals surface area contributed by atoms with Gasteiger partial charge in [0, 0.05) is 0 Å². The highest BCUT2D eigenvalue weighted by Gasteiger charge is 2.23. The van der Waals surface area contributed by atoms with Crippen molar-refractivity contribution in [2.45, 2.75) is 26.7 Å². The maximum atomic E-state index is 2.37. The van der Waals surface area contributed by atoms with Gasteiger partial charge in [0.05, 0.1) is 12.6 Å². The average molecular weight is 442 g/mol. The first kappa shape index (κ1) is 20.7. The molecule has 1 aromatic heterocycles. The highest BCUT2D eigenvalue weighted by atomic mass is 15.1. The van der Waals surface area contributed by atoms with Gasteiger partial charge in [0.2, 0.25) is 0 Å². The summed E-state index contributed by atoms with van der Waals surface area (Å²) in [4.78, 5) is 0. The molecular formula is C32H29N2+. The number of aryl methyl sites for hydroxylation is 3. The molecule has 0 unspecified atom stereocenters. The summed E-state index contributed by atoms with van der Waals surface area (Å²) < 4.78 is 4.54. The zero-order valence-corrected chi connectivity index (χ0v) is 20.0. The van der Waals surface area contributed by atoms with Crippen LogP contribution in [0.5, 0.6) is 0 Å². The molecule has 0 saturated carbocycles. The molecule has 166 valence electrons. The van der Waals surface area contributed by atoms with Gasteiger partial charge in [-0.05, 0) is 83.3 Å². The summed E-state index contributed by atoms with van der Waals surface area (Å²) >= 11 is 0. The zero-order valence-electron chi connectivity index (χ0n) is 20.0. The molecule has 0 atom stereocenters. The minimum Gasteiger partial charge on any atom is -0.232 e. The molecule has 5 aromatic rings. The van der Waals surface area contributed by atoms with Crippen LogP contribution in [0.25, 0.3) is 28.2 Å². The van der Waals surface area contributed by atoms with E-state index in [1.54, 1.807) is 0 Å². The van der Waals surface area contributed by atoms with Crippen LogP contribution in [0.4, 0.5) is 0 Å². The van der Waals surface area contributed by atoms with Crippen LogP contribution >= 0.6 is 0 Å². The number of nitrogens with zero attached hydrogens (tertiary/aromatic N) is 2. The monoisotopic (exact) mass is 441 g/mol. The van der Waals surface area contributed by atoms with E-state index in [1.807, 2.05) is 0 Å². The van der Waals surface area contributed by atoms with Crippen LogP contribution in [0.1, 0.15) is 33.4 Å². The number of hydrogen-bond donors (Lipinski definition) is 0. The second-order valence-electron chi connectivity index (χ2n) is 9.50. The largest absolute Gasteiger partial charge is 0.293 e. The molecule has 1 aliphatic carbocycles. The molecule has 6 rings (SSSR count). The Bertz CT molecular complexity index is 1500. The number of aromatic nitrogens is 2. The van der Waals surface area contributed by atoms with Crippen LogP contribution in [-0.4, -0.2) is 4.57 Å². The third kappa shape index (κ3) is 3.38. The van der Waals surface area contributed by atoms with Crippen LogP contribution < -0.4 is 4.57 Å². The van der Waals surface area contributed by atoms with Gasteiger partial charge in [-0.2, -0.15) is 4.57 Å². The molecule has 2 heteroatoms. The van der Waals surface area contributed by atoms with Gasteiger partial charge in [-0.25, -0.2) is 4.57 Å². The Morgan fingerprint density at radius 2 is 1.50 bits per heavy atom. The molecule has 2 nitrogen and oxygen atoms in total. The van der Waals surface area contributed by atoms with E-state index in [-0.39, 0.29) is 0 Å². The van der Waals surface area contributed by atoms with Crippen LogP contribution in [0, 0.1) is 13.8 Å². The van der Waals surface area contributed by atoms with Gasteiger partial charge in [-0.15, -0.1) is 0 Å². The van der Waals surface area contributed by atoms with Gasteiger partial charge in [-0.1, -0.05) is 72.8 Å². The first-order chi connectivity index (χ1) is 16.6. The molecular weight excluding hydrogens is 412 g/mol. The summed E-state index contributed by atoms with van der Waals surface area (Å²) in [6.45, 7) is 4.48. The quantitative estimate of drug-likeness (QED) is 0.268. The molecule has 1 aliphatic rings. The Balaban J connectivity index is 1.38. The summed E-state index contributed by atoms with van der Waals surface area (Å²) in [7, 11) is 2.12. The number of hydrogen-bond acceptors (Lipinski definition) is 0. The van der Waals surface area contributed by atoms with Crippen molar-refractivity contribution in [2.24, 2.45) is 7.05 Å². The van der Waals surface area contributed by atoms with Crippen molar-refractivity contribution in [1.29, 1.82) is 0 Å². The third-order valence-electron chi connectivity index (χ3n) is 7.17. The van der Waals surface area contributed by atoms with E-state index in [1.165, 1.54) is 61.6 Å². The average Bonchev–Trinajstić information content (AvgIpc) is 3.40. The van der Waals surface area contributed by atoms with Crippen molar-refractivity contribution in [3.8, 4) is 28.2 Å². The minimum absolute atomic E-state index is 0.962. The number of fused-ring (bicyclic) bond motifs is 3. The Morgan fingerprint density at radius 1 is 0.794 bits per heavy atom. The Labute approximate surface area is 201 Å². The van der Waals surface area contributed by atoms with E-state index < -0.39 is 0 Å². The molecule has 0 aliphatic heterocycles. The number of benzene rings is 4.